The number of nitrogens with two attached hydrogens (primary N) is 1. The Hall–Kier alpha value is -2.72. The molecule has 0 saturated carbocycles. The van der Waals surface area contributed by atoms with Gasteiger partial charge in [-0.1, -0.05) is 17.0 Å². The Morgan fingerprint density at radius 2 is 2.33 bits per heavy atom. The van der Waals surface area contributed by atoms with Crippen LogP contribution in [0.1, 0.15) is 21.8 Å². The van der Waals surface area contributed by atoms with Crippen LogP contribution in [0.15, 0.2) is 29.0 Å². The molecule has 0 unspecified atom stereocenters. The monoisotopic (exact) mass is 288 g/mol. The zero-order valence-corrected chi connectivity index (χ0v) is 11.1. The highest BCUT2D eigenvalue weighted by molar-refractivity contribution is 5.96. The Morgan fingerprint density at radius 3 is 3.05 bits per heavy atom. The molecule has 6 nitrogen and oxygen atoms in total. The SMILES string of the molecule is NCC#Cc1cc(F)ccc1C(=O)NCCc1ncno1. The van der Waals surface area contributed by atoms with Gasteiger partial charge in [-0.25, -0.2) is 4.39 Å². The van der Waals surface area contributed by atoms with E-state index in [1.807, 2.05) is 0 Å². The number of carbonyl (C=O) groups excluding carboxylic acids is 1. The minimum Gasteiger partial charge on any atom is -0.351 e. The first-order valence-corrected chi connectivity index (χ1v) is 6.23. The maximum Gasteiger partial charge on any atom is 0.252 e. The zero-order valence-electron chi connectivity index (χ0n) is 11.1. The van der Waals surface area contributed by atoms with Crippen molar-refractivity contribution in [3.05, 3.63) is 47.4 Å². The van der Waals surface area contributed by atoms with Gasteiger partial charge in [0.05, 0.1) is 12.1 Å². The van der Waals surface area contributed by atoms with Gasteiger partial charge in [-0.2, -0.15) is 4.98 Å². The minimum absolute atomic E-state index is 0.134. The van der Waals surface area contributed by atoms with Crippen molar-refractivity contribution in [2.75, 3.05) is 13.1 Å². The highest BCUT2D eigenvalue weighted by Gasteiger charge is 2.11. The van der Waals surface area contributed by atoms with Gasteiger partial charge in [0.15, 0.2) is 6.33 Å². The van der Waals surface area contributed by atoms with Gasteiger partial charge in [-0.3, -0.25) is 4.79 Å². The molecular formula is C14H13FN4O2. The number of benzene rings is 1. The van der Waals surface area contributed by atoms with E-state index in [0.29, 0.717) is 30.0 Å². The van der Waals surface area contributed by atoms with Gasteiger partial charge in [0, 0.05) is 18.5 Å². The van der Waals surface area contributed by atoms with Crippen molar-refractivity contribution < 1.29 is 13.7 Å². The molecule has 2 rings (SSSR count). The number of nitrogens with zero attached hydrogens (tertiary/aromatic N) is 2. The Labute approximate surface area is 120 Å². The lowest BCUT2D eigenvalue weighted by Crippen LogP contribution is -2.26. The molecule has 108 valence electrons. The summed E-state index contributed by atoms with van der Waals surface area (Å²) in [5.74, 6) is 4.90. The lowest BCUT2D eigenvalue weighted by Gasteiger charge is -2.06. The molecule has 0 aliphatic carbocycles. The maximum absolute atomic E-state index is 13.2. The Kier molecular flexibility index (Phi) is 5.01. The highest BCUT2D eigenvalue weighted by atomic mass is 19.1. The summed E-state index contributed by atoms with van der Waals surface area (Å²) >= 11 is 0. The first-order chi connectivity index (χ1) is 10.2. The average Bonchev–Trinajstić information content (AvgIpc) is 2.98. The van der Waals surface area contributed by atoms with E-state index in [1.165, 1.54) is 24.5 Å². The van der Waals surface area contributed by atoms with E-state index in [9.17, 15) is 9.18 Å². The molecule has 0 bridgehead atoms. The lowest BCUT2D eigenvalue weighted by atomic mass is 10.1. The molecular weight excluding hydrogens is 275 g/mol. The fraction of sp³-hybridized carbons (Fsp3) is 0.214. The normalized spacial score (nSPS) is 9.81. The minimum atomic E-state index is -0.460. The van der Waals surface area contributed by atoms with Crippen molar-refractivity contribution in [2.45, 2.75) is 6.42 Å². The van der Waals surface area contributed by atoms with E-state index in [1.54, 1.807) is 0 Å². The van der Waals surface area contributed by atoms with Gasteiger partial charge < -0.3 is 15.6 Å². The first-order valence-electron chi connectivity index (χ1n) is 6.23. The molecule has 2 aromatic rings. The third-order valence-electron chi connectivity index (χ3n) is 2.58. The van der Waals surface area contributed by atoms with Gasteiger partial charge in [-0.15, -0.1) is 0 Å². The van der Waals surface area contributed by atoms with Crippen LogP contribution in [0.5, 0.6) is 0 Å². The first kappa shape index (κ1) is 14.7. The fourth-order valence-electron chi connectivity index (χ4n) is 1.65. The molecule has 1 amide bonds. The van der Waals surface area contributed by atoms with Crippen LogP contribution in [0.25, 0.3) is 0 Å². The third-order valence-corrected chi connectivity index (χ3v) is 2.58. The summed E-state index contributed by atoms with van der Waals surface area (Å²) in [5, 5.41) is 6.15. The predicted octanol–water partition coefficient (Wildman–Crippen LogP) is 0.491. The summed E-state index contributed by atoms with van der Waals surface area (Å²) < 4.78 is 18.0. The topological polar surface area (TPSA) is 94.0 Å². The summed E-state index contributed by atoms with van der Waals surface area (Å²) in [6, 6.07) is 3.80. The Morgan fingerprint density at radius 1 is 1.48 bits per heavy atom. The molecule has 0 atom stereocenters. The summed E-state index contributed by atoms with van der Waals surface area (Å²) in [5.41, 5.74) is 5.88. The third kappa shape index (κ3) is 4.12. The van der Waals surface area contributed by atoms with E-state index in [2.05, 4.69) is 27.3 Å². The summed E-state index contributed by atoms with van der Waals surface area (Å²) in [7, 11) is 0. The molecule has 3 N–H and O–H groups in total. The van der Waals surface area contributed by atoms with Crippen LogP contribution in [0.4, 0.5) is 4.39 Å². The fourth-order valence-corrected chi connectivity index (χ4v) is 1.65. The second-order valence-corrected chi connectivity index (χ2v) is 4.04. The molecule has 1 aromatic heterocycles. The summed E-state index contributed by atoms with van der Waals surface area (Å²) in [6.45, 7) is 0.455. The molecule has 21 heavy (non-hydrogen) atoms. The van der Waals surface area contributed by atoms with Gasteiger partial charge in [0.2, 0.25) is 5.89 Å². The van der Waals surface area contributed by atoms with Crippen LogP contribution in [0.2, 0.25) is 0 Å². The van der Waals surface area contributed by atoms with Crippen molar-refractivity contribution in [2.24, 2.45) is 5.73 Å². The number of nitrogens with one attached hydrogen (secondary N) is 1. The number of carbonyl (C=O) groups is 1. The summed E-state index contributed by atoms with van der Waals surface area (Å²) in [4.78, 5) is 15.9. The van der Waals surface area contributed by atoms with Crippen molar-refractivity contribution in [1.82, 2.24) is 15.5 Å². The van der Waals surface area contributed by atoms with Crippen molar-refractivity contribution in [3.8, 4) is 11.8 Å². The van der Waals surface area contributed by atoms with E-state index in [0.717, 1.165) is 0 Å². The summed E-state index contributed by atoms with van der Waals surface area (Å²) in [6.07, 6.45) is 1.70. The van der Waals surface area contributed by atoms with Gasteiger partial charge in [0.25, 0.3) is 5.91 Å². The van der Waals surface area contributed by atoms with Gasteiger partial charge in [0.1, 0.15) is 5.82 Å². The Bertz CT molecular complexity index is 674. The molecule has 0 fully saturated rings. The van der Waals surface area contributed by atoms with Crippen LogP contribution in [0.3, 0.4) is 0 Å². The van der Waals surface area contributed by atoms with Crippen LogP contribution in [0, 0.1) is 17.7 Å². The molecule has 0 spiro atoms. The number of hydrogen-bond donors (Lipinski definition) is 2. The quantitative estimate of drug-likeness (QED) is 0.799. The number of rotatable bonds is 4. The molecule has 0 radical (unpaired) electrons. The van der Waals surface area contributed by atoms with Crippen molar-refractivity contribution >= 4 is 5.91 Å². The molecule has 0 aliphatic rings. The smallest absolute Gasteiger partial charge is 0.252 e. The van der Waals surface area contributed by atoms with E-state index >= 15 is 0 Å². The highest BCUT2D eigenvalue weighted by Crippen LogP contribution is 2.10. The second kappa shape index (κ2) is 7.17. The van der Waals surface area contributed by atoms with Crippen LogP contribution in [-0.4, -0.2) is 29.1 Å². The van der Waals surface area contributed by atoms with Crippen molar-refractivity contribution in [1.29, 1.82) is 0 Å². The molecule has 1 aromatic carbocycles. The molecule has 7 heteroatoms. The lowest BCUT2D eigenvalue weighted by molar-refractivity contribution is 0.0953. The van der Waals surface area contributed by atoms with Gasteiger partial charge in [-0.05, 0) is 18.2 Å². The Balaban J connectivity index is 2.04. The van der Waals surface area contributed by atoms with Crippen molar-refractivity contribution in [3.63, 3.8) is 0 Å². The molecule has 1 heterocycles. The van der Waals surface area contributed by atoms with Gasteiger partial charge >= 0.3 is 0 Å². The zero-order chi connectivity index (χ0) is 15.1. The second-order valence-electron chi connectivity index (χ2n) is 4.04. The van der Waals surface area contributed by atoms with E-state index in [-0.39, 0.29) is 12.5 Å². The number of halogens is 1. The van der Waals surface area contributed by atoms with E-state index in [4.69, 9.17) is 10.3 Å². The predicted molar refractivity (Wildman–Crippen MR) is 72.7 cm³/mol. The van der Waals surface area contributed by atoms with E-state index < -0.39 is 5.82 Å². The standard InChI is InChI=1S/C14H13FN4O2/c15-11-3-4-12(10(8-11)2-1-6-16)14(20)17-7-5-13-18-9-19-21-13/h3-4,8-9H,5-7,16H2,(H,17,20). The largest absolute Gasteiger partial charge is 0.351 e. The number of aromatic nitrogens is 2. The molecule has 0 aliphatic heterocycles. The number of hydrogen-bond acceptors (Lipinski definition) is 5. The number of amides is 1. The maximum atomic E-state index is 13.2. The molecule has 0 saturated heterocycles. The van der Waals surface area contributed by atoms with Crippen LogP contribution >= 0.6 is 0 Å². The average molecular weight is 288 g/mol. The van der Waals surface area contributed by atoms with Crippen LogP contribution in [-0.2, 0) is 6.42 Å². The van der Waals surface area contributed by atoms with Crippen LogP contribution < -0.4 is 11.1 Å².